The van der Waals surface area contributed by atoms with Crippen LogP contribution in [0.15, 0.2) is 18.2 Å². The van der Waals surface area contributed by atoms with Gasteiger partial charge in [0.1, 0.15) is 11.6 Å². The Balaban J connectivity index is 0.00000256. The van der Waals surface area contributed by atoms with Gasteiger partial charge in [0.25, 0.3) is 5.91 Å². The predicted molar refractivity (Wildman–Crippen MR) is 64.2 cm³/mol. The third-order valence-electron chi connectivity index (χ3n) is 2.48. The van der Waals surface area contributed by atoms with Crippen LogP contribution in [0.25, 0.3) is 0 Å². The minimum Gasteiger partial charge on any atom is -0.338 e. The predicted octanol–water partition coefficient (Wildman–Crippen LogP) is 1.81. The van der Waals surface area contributed by atoms with Crippen LogP contribution in [0.4, 0.5) is 8.78 Å². The van der Waals surface area contributed by atoms with E-state index in [0.717, 1.165) is 12.1 Å². The van der Waals surface area contributed by atoms with Crippen LogP contribution < -0.4 is 5.73 Å². The Morgan fingerprint density at radius 2 is 2.06 bits per heavy atom. The lowest BCUT2D eigenvalue weighted by molar-refractivity contribution is 0.0743. The minimum absolute atomic E-state index is 0. The van der Waals surface area contributed by atoms with Crippen LogP contribution in [-0.4, -0.2) is 30.4 Å². The fourth-order valence-electron chi connectivity index (χ4n) is 1.21. The molecular weight excluding hydrogens is 250 g/mol. The van der Waals surface area contributed by atoms with Crippen LogP contribution in [0, 0.1) is 11.6 Å². The number of nitrogens with two attached hydrogens (primary N) is 1. The van der Waals surface area contributed by atoms with E-state index >= 15 is 0 Å². The second-order valence-electron chi connectivity index (χ2n) is 3.62. The Kier molecular flexibility index (Phi) is 6.05. The summed E-state index contributed by atoms with van der Waals surface area (Å²) in [6.07, 6.45) is 0. The van der Waals surface area contributed by atoms with E-state index in [0.29, 0.717) is 6.07 Å². The molecule has 1 amide bonds. The lowest BCUT2D eigenvalue weighted by atomic mass is 10.1. The van der Waals surface area contributed by atoms with Crippen LogP contribution in [-0.2, 0) is 0 Å². The number of amides is 1. The minimum atomic E-state index is -0.860. The van der Waals surface area contributed by atoms with Gasteiger partial charge in [-0.05, 0) is 19.1 Å². The zero-order valence-electron chi connectivity index (χ0n) is 9.61. The molecule has 1 atom stereocenters. The SMILES string of the molecule is CC(CN)N(C)C(=O)c1ccc(F)cc1F.Cl. The highest BCUT2D eigenvalue weighted by Gasteiger charge is 2.19. The molecule has 6 heteroatoms. The van der Waals surface area contributed by atoms with Crippen molar-refractivity contribution < 1.29 is 13.6 Å². The van der Waals surface area contributed by atoms with Crippen molar-refractivity contribution in [1.29, 1.82) is 0 Å². The first-order valence-electron chi connectivity index (χ1n) is 4.89. The van der Waals surface area contributed by atoms with Gasteiger partial charge < -0.3 is 10.6 Å². The van der Waals surface area contributed by atoms with Crippen LogP contribution >= 0.6 is 12.4 Å². The molecule has 0 fully saturated rings. The summed E-state index contributed by atoms with van der Waals surface area (Å²) in [7, 11) is 1.53. The number of benzene rings is 1. The van der Waals surface area contributed by atoms with Crippen molar-refractivity contribution in [2.75, 3.05) is 13.6 Å². The van der Waals surface area contributed by atoms with Gasteiger partial charge in [-0.15, -0.1) is 12.4 Å². The molecule has 1 aromatic carbocycles. The summed E-state index contributed by atoms with van der Waals surface area (Å²) in [6.45, 7) is 2.03. The average Bonchev–Trinajstić information content (AvgIpc) is 2.26. The van der Waals surface area contributed by atoms with E-state index in [-0.39, 0.29) is 30.6 Å². The average molecular weight is 265 g/mol. The van der Waals surface area contributed by atoms with E-state index in [1.807, 2.05) is 0 Å². The number of hydrogen-bond donors (Lipinski definition) is 1. The monoisotopic (exact) mass is 264 g/mol. The standard InChI is InChI=1S/C11H14F2N2O.ClH/c1-7(6-14)15(2)11(16)9-4-3-8(12)5-10(9)13;/h3-5,7H,6,14H2,1-2H3;1H. The van der Waals surface area contributed by atoms with Crippen molar-refractivity contribution in [3.8, 4) is 0 Å². The van der Waals surface area contributed by atoms with E-state index in [1.165, 1.54) is 11.9 Å². The van der Waals surface area contributed by atoms with Crippen molar-refractivity contribution in [3.05, 3.63) is 35.4 Å². The normalized spacial score (nSPS) is 11.6. The van der Waals surface area contributed by atoms with E-state index in [1.54, 1.807) is 6.92 Å². The zero-order valence-corrected chi connectivity index (χ0v) is 10.4. The highest BCUT2D eigenvalue weighted by Crippen LogP contribution is 2.12. The fraction of sp³-hybridized carbons (Fsp3) is 0.364. The Bertz CT molecular complexity index is 401. The maximum atomic E-state index is 13.3. The Morgan fingerprint density at radius 3 is 2.53 bits per heavy atom. The Labute approximate surface area is 105 Å². The first kappa shape index (κ1) is 15.8. The maximum absolute atomic E-state index is 13.3. The largest absolute Gasteiger partial charge is 0.338 e. The molecule has 2 N–H and O–H groups in total. The molecule has 0 radical (unpaired) electrons. The molecule has 0 aliphatic heterocycles. The highest BCUT2D eigenvalue weighted by atomic mass is 35.5. The molecule has 0 aliphatic carbocycles. The van der Waals surface area contributed by atoms with E-state index in [9.17, 15) is 13.6 Å². The van der Waals surface area contributed by atoms with Gasteiger partial charge in [0.05, 0.1) is 5.56 Å². The number of carbonyl (C=O) groups excluding carboxylic acids is 1. The molecule has 0 bridgehead atoms. The molecule has 96 valence electrons. The third-order valence-corrected chi connectivity index (χ3v) is 2.48. The van der Waals surface area contributed by atoms with Crippen LogP contribution in [0.1, 0.15) is 17.3 Å². The molecule has 0 aliphatic rings. The summed E-state index contributed by atoms with van der Waals surface area (Å²) in [5.41, 5.74) is 5.25. The lowest BCUT2D eigenvalue weighted by Gasteiger charge is -2.23. The number of rotatable bonds is 3. The van der Waals surface area contributed by atoms with Gasteiger partial charge in [-0.1, -0.05) is 0 Å². The number of halogens is 3. The summed E-state index contributed by atoms with van der Waals surface area (Å²) in [5.74, 6) is -2.07. The van der Waals surface area contributed by atoms with E-state index < -0.39 is 17.5 Å². The third kappa shape index (κ3) is 3.64. The molecule has 0 saturated carbocycles. The van der Waals surface area contributed by atoms with Crippen LogP contribution in [0.3, 0.4) is 0 Å². The summed E-state index contributed by atoms with van der Waals surface area (Å²) < 4.78 is 26.0. The van der Waals surface area contributed by atoms with Crippen LogP contribution in [0.2, 0.25) is 0 Å². The number of carbonyl (C=O) groups is 1. The number of likely N-dealkylation sites (N-methyl/N-ethyl adjacent to an activating group) is 1. The van der Waals surface area contributed by atoms with Gasteiger partial charge in [0, 0.05) is 25.7 Å². The van der Waals surface area contributed by atoms with Crippen molar-refractivity contribution in [1.82, 2.24) is 4.90 Å². The van der Waals surface area contributed by atoms with Gasteiger partial charge in [0.15, 0.2) is 0 Å². The van der Waals surface area contributed by atoms with Crippen molar-refractivity contribution in [2.45, 2.75) is 13.0 Å². The van der Waals surface area contributed by atoms with Crippen molar-refractivity contribution in [3.63, 3.8) is 0 Å². The lowest BCUT2D eigenvalue weighted by Crippen LogP contribution is -2.40. The Hall–Kier alpha value is -1.20. The van der Waals surface area contributed by atoms with Crippen molar-refractivity contribution in [2.24, 2.45) is 5.73 Å². The quantitative estimate of drug-likeness (QED) is 0.905. The molecule has 17 heavy (non-hydrogen) atoms. The molecule has 3 nitrogen and oxygen atoms in total. The highest BCUT2D eigenvalue weighted by molar-refractivity contribution is 5.94. The van der Waals surface area contributed by atoms with Gasteiger partial charge in [-0.25, -0.2) is 8.78 Å². The summed E-state index contributed by atoms with van der Waals surface area (Å²) in [5, 5.41) is 0. The van der Waals surface area contributed by atoms with Gasteiger partial charge in [0.2, 0.25) is 0 Å². The summed E-state index contributed by atoms with van der Waals surface area (Å²) in [4.78, 5) is 13.1. The van der Waals surface area contributed by atoms with E-state index in [4.69, 9.17) is 5.73 Å². The van der Waals surface area contributed by atoms with Gasteiger partial charge >= 0.3 is 0 Å². The molecular formula is C11H15ClF2N2O. The first-order valence-corrected chi connectivity index (χ1v) is 4.89. The molecule has 0 saturated heterocycles. The molecule has 0 spiro atoms. The second-order valence-corrected chi connectivity index (χ2v) is 3.62. The molecule has 0 aromatic heterocycles. The zero-order chi connectivity index (χ0) is 12.3. The second kappa shape index (κ2) is 6.51. The molecule has 0 heterocycles. The first-order chi connectivity index (χ1) is 7.47. The topological polar surface area (TPSA) is 46.3 Å². The molecule has 1 aromatic rings. The summed E-state index contributed by atoms with van der Waals surface area (Å²) >= 11 is 0. The van der Waals surface area contributed by atoms with Crippen molar-refractivity contribution >= 4 is 18.3 Å². The Morgan fingerprint density at radius 1 is 1.47 bits per heavy atom. The maximum Gasteiger partial charge on any atom is 0.256 e. The smallest absolute Gasteiger partial charge is 0.256 e. The molecule has 1 unspecified atom stereocenters. The molecule has 1 rings (SSSR count). The van der Waals surface area contributed by atoms with Gasteiger partial charge in [-0.3, -0.25) is 4.79 Å². The van der Waals surface area contributed by atoms with Crippen LogP contribution in [0.5, 0.6) is 0 Å². The van der Waals surface area contributed by atoms with E-state index in [2.05, 4.69) is 0 Å². The van der Waals surface area contributed by atoms with Gasteiger partial charge in [-0.2, -0.15) is 0 Å². The fourth-order valence-corrected chi connectivity index (χ4v) is 1.21. The number of nitrogens with zero attached hydrogens (tertiary/aromatic N) is 1. The summed E-state index contributed by atoms with van der Waals surface area (Å²) in [6, 6.07) is 2.68. The number of hydrogen-bond acceptors (Lipinski definition) is 2.